The lowest BCUT2D eigenvalue weighted by Crippen LogP contribution is -2.48. The van der Waals surface area contributed by atoms with Crippen molar-refractivity contribution in [1.29, 1.82) is 0 Å². The van der Waals surface area contributed by atoms with Crippen molar-refractivity contribution in [3.63, 3.8) is 0 Å². The van der Waals surface area contributed by atoms with Gasteiger partial charge in [-0.1, -0.05) is 36.9 Å². The van der Waals surface area contributed by atoms with E-state index in [1.165, 1.54) is 31.8 Å². The van der Waals surface area contributed by atoms with E-state index in [0.717, 1.165) is 10.6 Å². The van der Waals surface area contributed by atoms with E-state index in [0.29, 0.717) is 10.5 Å². The molecule has 0 spiro atoms. The summed E-state index contributed by atoms with van der Waals surface area (Å²) < 4.78 is 10.3. The molecule has 3 atom stereocenters. The number of carbonyl (C=O) groups is 4. The lowest BCUT2D eigenvalue weighted by atomic mass is 9.95. The Bertz CT molecular complexity index is 1070. The van der Waals surface area contributed by atoms with E-state index in [2.05, 4.69) is 22.2 Å². The smallest absolute Gasteiger partial charge is 0.263 e. The molecule has 0 fully saturated rings. The van der Waals surface area contributed by atoms with E-state index in [1.807, 2.05) is 30.3 Å². The van der Waals surface area contributed by atoms with Gasteiger partial charge in [-0.3, -0.25) is 19.2 Å². The number of amides is 2. The number of nitrogens with zero attached hydrogens (tertiary/aromatic N) is 1. The number of ether oxygens (including phenoxy) is 2. The van der Waals surface area contributed by atoms with Crippen LogP contribution in [-0.4, -0.2) is 67.9 Å². The van der Waals surface area contributed by atoms with Crippen LogP contribution in [0.4, 0.5) is 0 Å². The molecule has 0 saturated carbocycles. The van der Waals surface area contributed by atoms with E-state index in [4.69, 9.17) is 9.47 Å². The van der Waals surface area contributed by atoms with E-state index in [1.54, 1.807) is 13.8 Å². The minimum atomic E-state index is -0.964. The fourth-order valence-corrected chi connectivity index (χ4v) is 4.22. The molecule has 2 amide bonds. The number of nitrogens with one attached hydrogen (secondary N) is 2. The molecular formula is C26H33N3O6S. The number of Topliss-reactive ketones (excluding diaryl/α,β-unsaturated/α-hetero) is 2. The fraction of sp³-hybridized carbons (Fsp3) is 0.423. The molecule has 9 nitrogen and oxygen atoms in total. The summed E-state index contributed by atoms with van der Waals surface area (Å²) in [5, 5.41) is 6.15. The molecule has 1 aromatic carbocycles. The van der Waals surface area contributed by atoms with E-state index in [9.17, 15) is 19.2 Å². The van der Waals surface area contributed by atoms with Crippen LogP contribution in [0.15, 0.2) is 48.7 Å². The SMILES string of the molecule is C=C(C)C(=O)[C@H](Cc1ccccc1)NC(=O)[C@H](COC)CC(=O)[C@H](COC)NC(=O)c1cnc(C)s1. The summed E-state index contributed by atoms with van der Waals surface area (Å²) in [7, 11) is 2.84. The van der Waals surface area contributed by atoms with Crippen molar-refractivity contribution in [2.75, 3.05) is 27.4 Å². The van der Waals surface area contributed by atoms with Gasteiger partial charge in [-0.25, -0.2) is 4.98 Å². The van der Waals surface area contributed by atoms with Crippen LogP contribution < -0.4 is 10.6 Å². The van der Waals surface area contributed by atoms with Gasteiger partial charge >= 0.3 is 0 Å². The highest BCUT2D eigenvalue weighted by molar-refractivity contribution is 7.13. The van der Waals surface area contributed by atoms with Gasteiger partial charge in [0.15, 0.2) is 11.6 Å². The van der Waals surface area contributed by atoms with Crippen molar-refractivity contribution in [2.45, 2.75) is 38.8 Å². The van der Waals surface area contributed by atoms with Gasteiger partial charge in [-0.05, 0) is 25.0 Å². The standard InChI is InChI=1S/C26H33N3O6S/c1-16(2)24(31)20(11-18-9-7-6-8-10-18)28-25(32)19(14-34-4)12-22(30)21(15-35-5)29-26(33)23-13-27-17(3)36-23/h6-10,13,19-21H,1,11-12,14-15H2,2-5H3,(H,28,32)(H,29,33)/t19-,20-,21-/m0/s1. The van der Waals surface area contributed by atoms with Crippen LogP contribution >= 0.6 is 11.3 Å². The van der Waals surface area contributed by atoms with Gasteiger partial charge in [-0.15, -0.1) is 11.3 Å². The second-order valence-corrected chi connectivity index (χ2v) is 9.68. The first-order valence-corrected chi connectivity index (χ1v) is 12.3. The Hall–Kier alpha value is -3.21. The average Bonchev–Trinajstić information content (AvgIpc) is 3.29. The van der Waals surface area contributed by atoms with E-state index in [-0.39, 0.29) is 31.8 Å². The van der Waals surface area contributed by atoms with Crippen LogP contribution in [0, 0.1) is 12.8 Å². The predicted molar refractivity (Wildman–Crippen MR) is 137 cm³/mol. The number of aromatic nitrogens is 1. The molecule has 0 bridgehead atoms. The molecule has 0 unspecified atom stereocenters. The van der Waals surface area contributed by atoms with Crippen molar-refractivity contribution < 1.29 is 28.7 Å². The van der Waals surface area contributed by atoms with Gasteiger partial charge in [0.05, 0.1) is 36.4 Å². The second kappa shape index (κ2) is 14.4. The van der Waals surface area contributed by atoms with Crippen molar-refractivity contribution in [3.05, 3.63) is 64.1 Å². The number of rotatable bonds is 15. The predicted octanol–water partition coefficient (Wildman–Crippen LogP) is 2.29. The highest BCUT2D eigenvalue weighted by atomic mass is 32.1. The number of methoxy groups -OCH3 is 2. The third kappa shape index (κ3) is 8.78. The maximum absolute atomic E-state index is 13.2. The quantitative estimate of drug-likeness (QED) is 0.349. The molecule has 0 aliphatic rings. The molecule has 0 aliphatic heterocycles. The van der Waals surface area contributed by atoms with Crippen LogP contribution in [0.25, 0.3) is 0 Å². The minimum absolute atomic E-state index is 0.0431. The fourth-order valence-electron chi connectivity index (χ4n) is 3.54. The normalized spacial score (nSPS) is 13.3. The number of thiazole rings is 1. The number of hydrogen-bond donors (Lipinski definition) is 2. The van der Waals surface area contributed by atoms with Gasteiger partial charge in [0, 0.05) is 27.1 Å². The molecule has 0 radical (unpaired) electrons. The summed E-state index contributed by atoms with van der Waals surface area (Å²) in [6, 6.07) is 7.49. The maximum Gasteiger partial charge on any atom is 0.263 e. The number of hydrogen-bond acceptors (Lipinski definition) is 8. The highest BCUT2D eigenvalue weighted by Gasteiger charge is 2.31. The first kappa shape index (κ1) is 29.0. The Morgan fingerprint density at radius 3 is 2.25 bits per heavy atom. The van der Waals surface area contributed by atoms with Gasteiger partial charge < -0.3 is 20.1 Å². The zero-order valence-corrected chi connectivity index (χ0v) is 21.9. The number of aryl methyl sites for hydroxylation is 1. The van der Waals surface area contributed by atoms with Crippen LogP contribution in [0.1, 0.15) is 33.6 Å². The van der Waals surface area contributed by atoms with Crippen LogP contribution in [0.3, 0.4) is 0 Å². The van der Waals surface area contributed by atoms with Crippen LogP contribution in [0.5, 0.6) is 0 Å². The minimum Gasteiger partial charge on any atom is -0.384 e. The lowest BCUT2D eigenvalue weighted by molar-refractivity contribution is -0.134. The molecule has 10 heteroatoms. The van der Waals surface area contributed by atoms with Crippen LogP contribution in [-0.2, 0) is 30.3 Å². The molecule has 36 heavy (non-hydrogen) atoms. The second-order valence-electron chi connectivity index (χ2n) is 8.44. The first-order chi connectivity index (χ1) is 17.2. The van der Waals surface area contributed by atoms with Crippen molar-refractivity contribution in [1.82, 2.24) is 15.6 Å². The molecule has 2 rings (SSSR count). The monoisotopic (exact) mass is 515 g/mol. The number of benzene rings is 1. The summed E-state index contributed by atoms with van der Waals surface area (Å²) in [6.45, 7) is 6.97. The van der Waals surface area contributed by atoms with Crippen LogP contribution in [0.2, 0.25) is 0 Å². The average molecular weight is 516 g/mol. The van der Waals surface area contributed by atoms with Crippen molar-refractivity contribution in [3.8, 4) is 0 Å². The Labute approximate surface area is 215 Å². The topological polar surface area (TPSA) is 124 Å². The molecule has 0 saturated heterocycles. The number of carbonyl (C=O) groups excluding carboxylic acids is 4. The summed E-state index contributed by atoms with van der Waals surface area (Å²) in [4.78, 5) is 56.0. The summed E-state index contributed by atoms with van der Waals surface area (Å²) in [5.41, 5.74) is 1.19. The molecule has 2 aromatic rings. The Balaban J connectivity index is 2.13. The number of ketones is 2. The first-order valence-electron chi connectivity index (χ1n) is 11.4. The van der Waals surface area contributed by atoms with Gasteiger partial charge in [0.1, 0.15) is 10.9 Å². The molecule has 1 heterocycles. The maximum atomic E-state index is 13.2. The zero-order valence-electron chi connectivity index (χ0n) is 21.0. The Morgan fingerprint density at radius 1 is 1.03 bits per heavy atom. The summed E-state index contributed by atoms with van der Waals surface area (Å²) in [5.74, 6) is -2.51. The molecule has 1 aromatic heterocycles. The third-order valence-corrected chi connectivity index (χ3v) is 6.31. The summed E-state index contributed by atoms with van der Waals surface area (Å²) >= 11 is 1.21. The molecule has 2 N–H and O–H groups in total. The zero-order chi connectivity index (χ0) is 26.7. The lowest BCUT2D eigenvalue weighted by Gasteiger charge is -2.23. The largest absolute Gasteiger partial charge is 0.384 e. The third-order valence-electron chi connectivity index (χ3n) is 5.39. The van der Waals surface area contributed by atoms with Gasteiger partial charge in [0.2, 0.25) is 5.91 Å². The molecule has 0 aliphatic carbocycles. The van der Waals surface area contributed by atoms with E-state index < -0.39 is 35.6 Å². The van der Waals surface area contributed by atoms with Crippen molar-refractivity contribution in [2.24, 2.45) is 5.92 Å². The molecule has 194 valence electrons. The Morgan fingerprint density at radius 2 is 1.69 bits per heavy atom. The van der Waals surface area contributed by atoms with Gasteiger partial charge in [-0.2, -0.15) is 0 Å². The summed E-state index contributed by atoms with van der Waals surface area (Å²) in [6.07, 6.45) is 1.51. The highest BCUT2D eigenvalue weighted by Crippen LogP contribution is 2.14. The van der Waals surface area contributed by atoms with E-state index >= 15 is 0 Å². The van der Waals surface area contributed by atoms with Gasteiger partial charge in [0.25, 0.3) is 5.91 Å². The molecular weight excluding hydrogens is 482 g/mol. The van der Waals surface area contributed by atoms with Crippen molar-refractivity contribution >= 4 is 34.7 Å². The Kier molecular flexibility index (Phi) is 11.6.